The number of hydrogen-bond donors (Lipinski definition) is 3. The van der Waals surface area contributed by atoms with Crippen LogP contribution in [0, 0.1) is 18.7 Å². The molecule has 0 radical (unpaired) electrons. The number of nitrogens with one attached hydrogen (secondary N) is 2. The van der Waals surface area contributed by atoms with E-state index in [9.17, 15) is 9.18 Å². The van der Waals surface area contributed by atoms with Gasteiger partial charge in [0.1, 0.15) is 28.7 Å². The minimum absolute atomic E-state index is 0.0774. The third kappa shape index (κ3) is 4.21. The minimum Gasteiger partial charge on any atom is -0.382 e. The number of aromatic nitrogens is 4. The van der Waals surface area contributed by atoms with Gasteiger partial charge in [0.2, 0.25) is 0 Å². The molecular formula is C31H29FN6OS. The second-order valence-electron chi connectivity index (χ2n) is 10.7. The first kappa shape index (κ1) is 24.8. The van der Waals surface area contributed by atoms with Crippen LogP contribution in [0.25, 0.3) is 37.9 Å². The molecule has 7 nitrogen and oxygen atoms in total. The van der Waals surface area contributed by atoms with Gasteiger partial charge in [0.25, 0.3) is 5.91 Å². The summed E-state index contributed by atoms with van der Waals surface area (Å²) in [6.45, 7) is 2.56. The number of nitrogen functional groups attached to an aromatic ring is 1. The molecule has 6 aromatic rings. The lowest BCUT2D eigenvalue weighted by atomic mass is 9.81. The molecule has 1 aliphatic carbocycles. The Balaban J connectivity index is 1.07. The third-order valence-electron chi connectivity index (χ3n) is 8.27. The number of anilines is 1. The average molecular weight is 553 g/mol. The summed E-state index contributed by atoms with van der Waals surface area (Å²) in [4.78, 5) is 26.6. The summed E-state index contributed by atoms with van der Waals surface area (Å²) in [5, 5.41) is 5.21. The van der Waals surface area contributed by atoms with Crippen LogP contribution in [0.3, 0.4) is 0 Å². The zero-order chi connectivity index (χ0) is 27.4. The molecule has 0 aliphatic heterocycles. The monoisotopic (exact) mass is 552 g/mol. The molecule has 0 saturated heterocycles. The van der Waals surface area contributed by atoms with Crippen molar-refractivity contribution in [2.45, 2.75) is 38.5 Å². The molecule has 4 aromatic heterocycles. The lowest BCUT2D eigenvalue weighted by molar-refractivity contribution is 0.0946. The molecule has 202 valence electrons. The van der Waals surface area contributed by atoms with Crippen molar-refractivity contribution < 1.29 is 9.18 Å². The first-order valence-electron chi connectivity index (χ1n) is 13.6. The number of para-hydroxylation sites is 1. The maximum Gasteiger partial charge on any atom is 0.261 e. The first-order valence-corrected chi connectivity index (χ1v) is 14.5. The fraction of sp³-hybridized carbons (Fsp3) is 0.258. The molecule has 4 heterocycles. The van der Waals surface area contributed by atoms with Gasteiger partial charge in [-0.2, -0.15) is 0 Å². The number of halogens is 1. The van der Waals surface area contributed by atoms with Gasteiger partial charge in [-0.25, -0.2) is 14.4 Å². The highest BCUT2D eigenvalue weighted by Crippen LogP contribution is 2.39. The van der Waals surface area contributed by atoms with Gasteiger partial charge in [-0.15, -0.1) is 11.3 Å². The van der Waals surface area contributed by atoms with E-state index in [1.54, 1.807) is 12.3 Å². The Labute approximate surface area is 234 Å². The molecule has 4 N–H and O–H groups in total. The molecule has 1 saturated carbocycles. The second kappa shape index (κ2) is 9.75. The van der Waals surface area contributed by atoms with E-state index in [1.807, 2.05) is 25.3 Å². The van der Waals surface area contributed by atoms with Crippen molar-refractivity contribution in [1.29, 1.82) is 0 Å². The first-order chi connectivity index (χ1) is 19.5. The average Bonchev–Trinajstić information content (AvgIpc) is 3.66. The fourth-order valence-corrected chi connectivity index (χ4v) is 7.27. The summed E-state index contributed by atoms with van der Waals surface area (Å²) in [5.41, 5.74) is 10.9. The molecule has 1 amide bonds. The molecule has 40 heavy (non-hydrogen) atoms. The van der Waals surface area contributed by atoms with Crippen molar-refractivity contribution in [1.82, 2.24) is 24.7 Å². The molecule has 2 aromatic carbocycles. The van der Waals surface area contributed by atoms with Crippen molar-refractivity contribution in [2.75, 3.05) is 12.3 Å². The number of amides is 1. The third-order valence-corrected chi connectivity index (χ3v) is 9.52. The normalized spacial score (nSPS) is 17.6. The highest BCUT2D eigenvalue weighted by Gasteiger charge is 2.28. The van der Waals surface area contributed by atoms with Crippen LogP contribution in [0.15, 0.2) is 60.9 Å². The lowest BCUT2D eigenvalue weighted by Gasteiger charge is -2.28. The van der Waals surface area contributed by atoms with Crippen molar-refractivity contribution >= 4 is 49.6 Å². The molecule has 0 atom stereocenters. The Bertz CT molecular complexity index is 1860. The van der Waals surface area contributed by atoms with E-state index in [0.29, 0.717) is 29.1 Å². The van der Waals surface area contributed by atoms with Crippen LogP contribution < -0.4 is 11.1 Å². The predicted molar refractivity (Wildman–Crippen MR) is 158 cm³/mol. The van der Waals surface area contributed by atoms with Crippen LogP contribution in [-0.4, -0.2) is 31.8 Å². The van der Waals surface area contributed by atoms with Crippen LogP contribution in [-0.2, 0) is 0 Å². The van der Waals surface area contributed by atoms with E-state index >= 15 is 0 Å². The second-order valence-corrected chi connectivity index (χ2v) is 11.8. The maximum absolute atomic E-state index is 13.7. The fourth-order valence-electron chi connectivity index (χ4n) is 6.12. The van der Waals surface area contributed by atoms with Crippen LogP contribution in [0.4, 0.5) is 10.2 Å². The Kier molecular flexibility index (Phi) is 6.04. The number of rotatable bonds is 5. The van der Waals surface area contributed by atoms with E-state index in [2.05, 4.69) is 37.9 Å². The molecule has 0 bridgehead atoms. The number of aryl methyl sites for hydroxylation is 1. The maximum atomic E-state index is 13.7. The van der Waals surface area contributed by atoms with Crippen LogP contribution in [0.5, 0.6) is 0 Å². The highest BCUT2D eigenvalue weighted by atomic mass is 32.1. The zero-order valence-corrected chi connectivity index (χ0v) is 22.9. The standard InChI is InChI=1S/C31H29FN6OS/c1-17-22-11-10-21(32)15-25(22)40-28(17)31(39)35-16-18-6-8-19(9-7-18)30-37-26(27-29(33)34-12-13-38(27)30)24-14-20-4-2-3-5-23(20)36-24/h2-5,10-15,18-19,36H,6-9,16H2,1H3,(H2,33,34)(H,35,39). The van der Waals surface area contributed by atoms with Crippen molar-refractivity contribution in [2.24, 2.45) is 5.92 Å². The molecule has 0 unspecified atom stereocenters. The van der Waals surface area contributed by atoms with E-state index < -0.39 is 0 Å². The summed E-state index contributed by atoms with van der Waals surface area (Å²) < 4.78 is 16.6. The number of aromatic amines is 1. The van der Waals surface area contributed by atoms with Crippen molar-refractivity contribution in [3.8, 4) is 11.4 Å². The number of benzene rings is 2. The molecule has 0 spiro atoms. The Hall–Kier alpha value is -4.24. The van der Waals surface area contributed by atoms with Crippen LogP contribution in [0.1, 0.15) is 52.7 Å². The molecule has 7 rings (SSSR count). The van der Waals surface area contributed by atoms with Gasteiger partial charge in [-0.1, -0.05) is 24.3 Å². The molecular weight excluding hydrogens is 523 g/mol. The van der Waals surface area contributed by atoms with Gasteiger partial charge in [0.05, 0.1) is 10.6 Å². The van der Waals surface area contributed by atoms with Gasteiger partial charge < -0.3 is 16.0 Å². The van der Waals surface area contributed by atoms with Gasteiger partial charge in [0, 0.05) is 40.5 Å². The van der Waals surface area contributed by atoms with E-state index in [-0.39, 0.29) is 11.7 Å². The SMILES string of the molecule is Cc1c(C(=O)NCC2CCC(c3nc(-c4cc5ccccc5[nH]4)c4c(N)nccn34)CC2)sc2cc(F)ccc12. The minimum atomic E-state index is -0.282. The Morgan fingerprint density at radius 2 is 2.00 bits per heavy atom. The van der Waals surface area contributed by atoms with Gasteiger partial charge in [-0.3, -0.25) is 9.20 Å². The number of nitrogens with two attached hydrogens (primary N) is 1. The quantitative estimate of drug-likeness (QED) is 0.218. The smallest absolute Gasteiger partial charge is 0.261 e. The lowest BCUT2D eigenvalue weighted by Crippen LogP contribution is -2.31. The van der Waals surface area contributed by atoms with Gasteiger partial charge in [-0.05, 0) is 73.7 Å². The number of H-pyrrole nitrogens is 1. The number of carbonyl (C=O) groups is 1. The summed E-state index contributed by atoms with van der Waals surface area (Å²) in [5.74, 6) is 1.80. The summed E-state index contributed by atoms with van der Waals surface area (Å²) in [6, 6.07) is 15.0. The van der Waals surface area contributed by atoms with Crippen LogP contribution >= 0.6 is 11.3 Å². The number of fused-ring (bicyclic) bond motifs is 3. The molecule has 1 aliphatic rings. The highest BCUT2D eigenvalue weighted by molar-refractivity contribution is 7.21. The number of nitrogens with zero attached hydrogens (tertiary/aromatic N) is 3. The van der Waals surface area contributed by atoms with Gasteiger partial charge in [0.15, 0.2) is 0 Å². The van der Waals surface area contributed by atoms with E-state index in [1.165, 1.54) is 23.5 Å². The van der Waals surface area contributed by atoms with Gasteiger partial charge >= 0.3 is 0 Å². The summed E-state index contributed by atoms with van der Waals surface area (Å²) in [6.07, 6.45) is 7.64. The summed E-state index contributed by atoms with van der Waals surface area (Å²) in [7, 11) is 0. The topological polar surface area (TPSA) is 101 Å². The van der Waals surface area contributed by atoms with Crippen molar-refractivity contribution in [3.63, 3.8) is 0 Å². The number of carbonyl (C=O) groups excluding carboxylic acids is 1. The largest absolute Gasteiger partial charge is 0.382 e. The van der Waals surface area contributed by atoms with E-state index in [0.717, 1.165) is 75.0 Å². The van der Waals surface area contributed by atoms with Crippen molar-refractivity contribution in [3.05, 3.63) is 83.0 Å². The number of hydrogen-bond acceptors (Lipinski definition) is 5. The zero-order valence-electron chi connectivity index (χ0n) is 22.1. The Morgan fingerprint density at radius 1 is 1.18 bits per heavy atom. The molecule has 9 heteroatoms. The predicted octanol–water partition coefficient (Wildman–Crippen LogP) is 6.83. The van der Waals surface area contributed by atoms with E-state index in [4.69, 9.17) is 10.7 Å². The molecule has 1 fully saturated rings. The number of imidazole rings is 1. The Morgan fingerprint density at radius 3 is 2.83 bits per heavy atom. The number of thiophene rings is 1. The van der Waals surface area contributed by atoms with Crippen LogP contribution in [0.2, 0.25) is 0 Å². The summed E-state index contributed by atoms with van der Waals surface area (Å²) >= 11 is 1.35.